The molecule has 5 nitrogen and oxygen atoms in total. The van der Waals surface area contributed by atoms with Gasteiger partial charge in [-0.15, -0.1) is 0 Å². The summed E-state index contributed by atoms with van der Waals surface area (Å²) in [7, 11) is 0. The van der Waals surface area contributed by atoms with E-state index in [1.807, 2.05) is 36.4 Å². The van der Waals surface area contributed by atoms with Gasteiger partial charge in [0.1, 0.15) is 13.2 Å². The molecule has 0 amide bonds. The molecule has 0 unspecified atom stereocenters. The highest BCUT2D eigenvalue weighted by Gasteiger charge is 2.13. The lowest BCUT2D eigenvalue weighted by Crippen LogP contribution is -2.23. The van der Waals surface area contributed by atoms with Gasteiger partial charge in [-0.2, -0.15) is 0 Å². The van der Waals surface area contributed by atoms with Gasteiger partial charge in [0.25, 0.3) is 5.56 Å². The zero-order valence-corrected chi connectivity index (χ0v) is 13.9. The lowest BCUT2D eigenvalue weighted by atomic mass is 10.1. The van der Waals surface area contributed by atoms with Crippen LogP contribution >= 0.6 is 0 Å². The van der Waals surface area contributed by atoms with Crippen LogP contribution < -0.4 is 20.3 Å². The summed E-state index contributed by atoms with van der Waals surface area (Å²) < 4.78 is 11.2. The number of aromatic nitrogens is 1. The summed E-state index contributed by atoms with van der Waals surface area (Å²) >= 11 is 0. The van der Waals surface area contributed by atoms with Crippen molar-refractivity contribution in [1.82, 2.24) is 10.3 Å². The van der Waals surface area contributed by atoms with Crippen molar-refractivity contribution in [3.8, 4) is 11.5 Å². The predicted octanol–water partition coefficient (Wildman–Crippen LogP) is 2.63. The number of aromatic amines is 1. The molecule has 0 fully saturated rings. The van der Waals surface area contributed by atoms with Crippen LogP contribution in [0, 0.1) is 0 Å². The largest absolute Gasteiger partial charge is 0.486 e. The van der Waals surface area contributed by atoms with Crippen molar-refractivity contribution in [3.05, 3.63) is 70.0 Å². The highest BCUT2D eigenvalue weighted by atomic mass is 16.6. The molecule has 0 atom stereocenters. The molecule has 0 bridgehead atoms. The first-order valence-corrected chi connectivity index (χ1v) is 8.50. The highest BCUT2D eigenvalue weighted by Crippen LogP contribution is 2.33. The molecule has 2 heterocycles. The first-order chi connectivity index (χ1) is 12.3. The molecule has 5 heteroatoms. The molecule has 4 rings (SSSR count). The molecule has 3 aromatic rings. The van der Waals surface area contributed by atoms with Gasteiger partial charge < -0.3 is 19.8 Å². The molecule has 1 aliphatic rings. The Morgan fingerprint density at radius 3 is 2.56 bits per heavy atom. The molecule has 1 aliphatic heterocycles. The Morgan fingerprint density at radius 1 is 1.00 bits per heavy atom. The number of ether oxygens (including phenoxy) is 2. The summed E-state index contributed by atoms with van der Waals surface area (Å²) in [4.78, 5) is 15.2. The maximum Gasteiger partial charge on any atom is 0.252 e. The zero-order valence-electron chi connectivity index (χ0n) is 13.9. The maximum atomic E-state index is 12.3. The third-order valence-corrected chi connectivity index (χ3v) is 4.33. The van der Waals surface area contributed by atoms with Crippen molar-refractivity contribution in [2.75, 3.05) is 19.8 Å². The second-order valence-electron chi connectivity index (χ2n) is 6.12. The molecule has 0 spiro atoms. The summed E-state index contributed by atoms with van der Waals surface area (Å²) in [5, 5.41) is 4.29. The van der Waals surface area contributed by atoms with E-state index in [2.05, 4.69) is 22.4 Å². The van der Waals surface area contributed by atoms with Crippen molar-refractivity contribution in [2.24, 2.45) is 0 Å². The molecule has 2 aromatic carbocycles. The summed E-state index contributed by atoms with van der Waals surface area (Å²) in [5.74, 6) is 1.41. The lowest BCUT2D eigenvalue weighted by molar-refractivity contribution is 0.172. The van der Waals surface area contributed by atoms with Gasteiger partial charge in [-0.25, -0.2) is 0 Å². The van der Waals surface area contributed by atoms with E-state index >= 15 is 0 Å². The van der Waals surface area contributed by atoms with Crippen LogP contribution in [0.15, 0.2) is 53.3 Å². The van der Waals surface area contributed by atoms with E-state index in [9.17, 15) is 4.79 Å². The maximum absolute atomic E-state index is 12.3. The molecule has 0 saturated carbocycles. The van der Waals surface area contributed by atoms with Crippen LogP contribution in [0.3, 0.4) is 0 Å². The van der Waals surface area contributed by atoms with Gasteiger partial charge in [0.05, 0.1) is 5.52 Å². The second kappa shape index (κ2) is 6.99. The molecule has 0 radical (unpaired) electrons. The Bertz CT molecular complexity index is 935. The van der Waals surface area contributed by atoms with Crippen LogP contribution in [0.2, 0.25) is 0 Å². The fraction of sp³-hybridized carbons (Fsp3) is 0.250. The van der Waals surface area contributed by atoms with Crippen molar-refractivity contribution in [2.45, 2.75) is 13.0 Å². The number of H-pyrrole nitrogens is 1. The minimum atomic E-state index is -0.0728. The van der Waals surface area contributed by atoms with Crippen molar-refractivity contribution < 1.29 is 9.47 Å². The SMILES string of the molecule is O=c1[nH]c2cc3c(cc2cc1CNCCc1ccccc1)OCCO3. The molecule has 25 heavy (non-hydrogen) atoms. The number of hydrogen-bond donors (Lipinski definition) is 2. The number of nitrogens with one attached hydrogen (secondary N) is 2. The van der Waals surface area contributed by atoms with Crippen molar-refractivity contribution >= 4 is 10.9 Å². The monoisotopic (exact) mass is 336 g/mol. The van der Waals surface area contributed by atoms with E-state index in [4.69, 9.17) is 9.47 Å². The molecule has 128 valence electrons. The Morgan fingerprint density at radius 2 is 1.76 bits per heavy atom. The van der Waals surface area contributed by atoms with E-state index in [0.717, 1.165) is 35.2 Å². The van der Waals surface area contributed by atoms with Crippen LogP contribution in [-0.4, -0.2) is 24.7 Å². The van der Waals surface area contributed by atoms with Gasteiger partial charge in [0.2, 0.25) is 0 Å². The van der Waals surface area contributed by atoms with E-state index < -0.39 is 0 Å². The average molecular weight is 336 g/mol. The molecule has 0 aliphatic carbocycles. The topological polar surface area (TPSA) is 63.4 Å². The minimum absolute atomic E-state index is 0.0728. The van der Waals surface area contributed by atoms with Gasteiger partial charge in [0, 0.05) is 23.6 Å². The first-order valence-electron chi connectivity index (χ1n) is 8.50. The summed E-state index contributed by atoms with van der Waals surface area (Å²) in [6.45, 7) is 2.44. The van der Waals surface area contributed by atoms with Gasteiger partial charge >= 0.3 is 0 Å². The van der Waals surface area contributed by atoms with Crippen molar-refractivity contribution in [3.63, 3.8) is 0 Å². The standard InChI is InChI=1S/C20H20N2O3/c23-20-16(13-21-7-6-14-4-2-1-3-5-14)10-15-11-18-19(12-17(15)22-20)25-9-8-24-18/h1-5,10-12,21H,6-9,13H2,(H,22,23). The van der Waals surface area contributed by atoms with Crippen LogP contribution in [0.5, 0.6) is 11.5 Å². The predicted molar refractivity (Wildman–Crippen MR) is 97.4 cm³/mol. The first kappa shape index (κ1) is 15.7. The molecular formula is C20H20N2O3. The van der Waals surface area contributed by atoms with Gasteiger partial charge in [-0.05, 0) is 30.7 Å². The van der Waals surface area contributed by atoms with E-state index in [1.54, 1.807) is 0 Å². The molecule has 1 aromatic heterocycles. The molecular weight excluding hydrogens is 316 g/mol. The van der Waals surface area contributed by atoms with Crippen LogP contribution in [0.1, 0.15) is 11.1 Å². The van der Waals surface area contributed by atoms with Crippen LogP contribution in [0.4, 0.5) is 0 Å². The number of fused-ring (bicyclic) bond motifs is 2. The second-order valence-corrected chi connectivity index (χ2v) is 6.12. The number of pyridine rings is 1. The molecule has 2 N–H and O–H groups in total. The lowest BCUT2D eigenvalue weighted by Gasteiger charge is -2.18. The van der Waals surface area contributed by atoms with Gasteiger partial charge in [-0.1, -0.05) is 30.3 Å². The van der Waals surface area contributed by atoms with Gasteiger partial charge in [0.15, 0.2) is 11.5 Å². The fourth-order valence-corrected chi connectivity index (χ4v) is 3.02. The number of hydrogen-bond acceptors (Lipinski definition) is 4. The average Bonchev–Trinajstić information content (AvgIpc) is 2.65. The third kappa shape index (κ3) is 3.51. The quantitative estimate of drug-likeness (QED) is 0.703. The summed E-state index contributed by atoms with van der Waals surface area (Å²) in [5.41, 5.74) is 2.70. The Balaban J connectivity index is 1.47. The summed E-state index contributed by atoms with van der Waals surface area (Å²) in [6.07, 6.45) is 0.936. The Kier molecular flexibility index (Phi) is 4.39. The van der Waals surface area contributed by atoms with Crippen LogP contribution in [-0.2, 0) is 13.0 Å². The molecule has 0 saturated heterocycles. The van der Waals surface area contributed by atoms with E-state index in [1.165, 1.54) is 5.56 Å². The third-order valence-electron chi connectivity index (χ3n) is 4.33. The highest BCUT2D eigenvalue weighted by molar-refractivity contribution is 5.83. The smallest absolute Gasteiger partial charge is 0.252 e. The number of rotatable bonds is 5. The Labute approximate surface area is 145 Å². The minimum Gasteiger partial charge on any atom is -0.486 e. The van der Waals surface area contributed by atoms with E-state index in [0.29, 0.717) is 25.5 Å². The van der Waals surface area contributed by atoms with Crippen molar-refractivity contribution in [1.29, 1.82) is 0 Å². The van der Waals surface area contributed by atoms with E-state index in [-0.39, 0.29) is 5.56 Å². The zero-order chi connectivity index (χ0) is 17.1. The Hall–Kier alpha value is -2.79. The normalized spacial score (nSPS) is 13.1. The number of benzene rings is 2. The summed E-state index contributed by atoms with van der Waals surface area (Å²) in [6, 6.07) is 16.0. The fourth-order valence-electron chi connectivity index (χ4n) is 3.02. The van der Waals surface area contributed by atoms with Crippen LogP contribution in [0.25, 0.3) is 10.9 Å². The van der Waals surface area contributed by atoms with Gasteiger partial charge in [-0.3, -0.25) is 4.79 Å².